The van der Waals surface area contributed by atoms with E-state index in [2.05, 4.69) is 25.1 Å². The van der Waals surface area contributed by atoms with Gasteiger partial charge in [0.1, 0.15) is 22.9 Å². The first kappa shape index (κ1) is 30.0. The summed E-state index contributed by atoms with van der Waals surface area (Å²) >= 11 is 0. The molecule has 0 radical (unpaired) electrons. The van der Waals surface area contributed by atoms with Gasteiger partial charge in [-0.1, -0.05) is 10.5 Å². The van der Waals surface area contributed by atoms with Crippen molar-refractivity contribution >= 4 is 32.6 Å². The number of fused-ring (bicyclic) bond motifs is 1. The van der Waals surface area contributed by atoms with E-state index in [1.807, 2.05) is 0 Å². The highest BCUT2D eigenvalue weighted by Crippen LogP contribution is 2.38. The van der Waals surface area contributed by atoms with Crippen LogP contribution in [-0.4, -0.2) is 55.7 Å². The highest BCUT2D eigenvalue weighted by atomic mass is 32.2. The summed E-state index contributed by atoms with van der Waals surface area (Å²) in [5.41, 5.74) is 1.24. The number of nitrogens with one attached hydrogen (secondary N) is 1. The lowest BCUT2D eigenvalue weighted by Crippen LogP contribution is -2.39. The third-order valence-corrected chi connectivity index (χ3v) is 8.33. The number of benzene rings is 2. The minimum Gasteiger partial charge on any atom is -0.479 e. The van der Waals surface area contributed by atoms with Crippen molar-refractivity contribution in [3.63, 3.8) is 0 Å². The monoisotopic (exact) mass is 623 g/mol. The van der Waals surface area contributed by atoms with Crippen LogP contribution < -0.4 is 14.5 Å². The molecular weight excluding hydrogens is 601 g/mol. The Hall–Kier alpha value is -4.44. The lowest BCUT2D eigenvalue weighted by molar-refractivity contribution is -0.199. The summed E-state index contributed by atoms with van der Waals surface area (Å²) in [7, 11) is -4.40. The van der Waals surface area contributed by atoms with Gasteiger partial charge in [-0.15, -0.1) is 0 Å². The van der Waals surface area contributed by atoms with Gasteiger partial charge >= 0.3 is 12.1 Å². The van der Waals surface area contributed by atoms with Crippen LogP contribution in [0.25, 0.3) is 22.0 Å². The Morgan fingerprint density at radius 3 is 2.42 bits per heavy atom. The molecule has 2 aromatic heterocycles. The molecule has 0 unspecified atom stereocenters. The van der Waals surface area contributed by atoms with Gasteiger partial charge in [-0.25, -0.2) is 28.5 Å². The second-order valence-corrected chi connectivity index (χ2v) is 11.2. The SMILES string of the molecule is COc1ncc(-c2ccc3ncnc(C4CCNCC4)c3c2)cc1N(OC(=O)C(F)(F)F)S(=O)(=O)c1ccc(F)cc1F. The van der Waals surface area contributed by atoms with Crippen molar-refractivity contribution in [2.75, 3.05) is 24.7 Å². The number of carbonyl (C=O) groups is 1. The van der Waals surface area contributed by atoms with Crippen LogP contribution >= 0.6 is 0 Å². The third kappa shape index (κ3) is 6.06. The molecule has 43 heavy (non-hydrogen) atoms. The summed E-state index contributed by atoms with van der Waals surface area (Å²) in [5, 5.41) is 3.98. The smallest absolute Gasteiger partial charge is 0.479 e. The van der Waals surface area contributed by atoms with Gasteiger partial charge in [-0.2, -0.15) is 21.6 Å². The van der Waals surface area contributed by atoms with E-state index in [9.17, 15) is 35.2 Å². The fraction of sp³-hybridized carbons (Fsp3) is 0.259. The molecule has 0 amide bonds. The number of methoxy groups -OCH3 is 1. The van der Waals surface area contributed by atoms with Crippen LogP contribution in [0.15, 0.2) is 59.9 Å². The van der Waals surface area contributed by atoms with Crippen LogP contribution in [-0.2, 0) is 19.7 Å². The van der Waals surface area contributed by atoms with Crippen LogP contribution in [0.5, 0.6) is 5.88 Å². The molecule has 1 N–H and O–H groups in total. The molecule has 226 valence electrons. The number of ether oxygens (including phenoxy) is 1. The van der Waals surface area contributed by atoms with Crippen molar-refractivity contribution in [1.82, 2.24) is 20.3 Å². The summed E-state index contributed by atoms with van der Waals surface area (Å²) in [6.45, 7) is 1.61. The zero-order chi connectivity index (χ0) is 30.9. The Morgan fingerprint density at radius 2 is 1.74 bits per heavy atom. The van der Waals surface area contributed by atoms with Crippen LogP contribution in [0.3, 0.4) is 0 Å². The van der Waals surface area contributed by atoms with Gasteiger partial charge in [0.25, 0.3) is 10.0 Å². The normalized spacial score (nSPS) is 14.5. The Labute approximate surface area is 241 Å². The maximum atomic E-state index is 14.6. The predicted octanol–water partition coefficient (Wildman–Crippen LogP) is 4.66. The molecule has 0 aliphatic carbocycles. The first-order valence-corrected chi connectivity index (χ1v) is 14.1. The summed E-state index contributed by atoms with van der Waals surface area (Å²) in [6.07, 6.45) is -1.26. The molecule has 3 heterocycles. The molecule has 0 atom stereocenters. The number of nitrogens with zero attached hydrogens (tertiary/aromatic N) is 4. The van der Waals surface area contributed by atoms with Gasteiger partial charge in [-0.3, -0.25) is 0 Å². The molecule has 0 saturated carbocycles. The molecular formula is C27H22F5N5O5S. The van der Waals surface area contributed by atoms with Crippen molar-refractivity contribution in [3.8, 4) is 17.0 Å². The van der Waals surface area contributed by atoms with E-state index >= 15 is 0 Å². The van der Waals surface area contributed by atoms with Crippen molar-refractivity contribution in [2.24, 2.45) is 0 Å². The molecule has 0 bridgehead atoms. The molecule has 4 aromatic rings. The van der Waals surface area contributed by atoms with Crippen molar-refractivity contribution < 1.29 is 44.7 Å². The molecule has 1 aliphatic rings. The number of piperidine rings is 1. The largest absolute Gasteiger partial charge is 0.493 e. The number of hydrogen-bond acceptors (Lipinski definition) is 9. The molecule has 5 rings (SSSR count). The minimum absolute atomic E-state index is 0.138. The number of rotatable bonds is 7. The van der Waals surface area contributed by atoms with E-state index in [1.54, 1.807) is 18.2 Å². The number of halogens is 5. The van der Waals surface area contributed by atoms with Gasteiger partial charge in [0.2, 0.25) is 5.88 Å². The minimum atomic E-state index is -5.64. The molecule has 2 aromatic carbocycles. The predicted molar refractivity (Wildman–Crippen MR) is 142 cm³/mol. The van der Waals surface area contributed by atoms with E-state index < -0.39 is 54.7 Å². The van der Waals surface area contributed by atoms with Gasteiger partial charge in [0.05, 0.1) is 18.3 Å². The van der Waals surface area contributed by atoms with Crippen molar-refractivity contribution in [2.45, 2.75) is 29.8 Å². The quantitative estimate of drug-likeness (QED) is 0.231. The molecule has 0 spiro atoms. The van der Waals surface area contributed by atoms with E-state index in [-0.39, 0.29) is 17.5 Å². The Morgan fingerprint density at radius 1 is 1.00 bits per heavy atom. The van der Waals surface area contributed by atoms with Crippen molar-refractivity contribution in [1.29, 1.82) is 0 Å². The maximum absolute atomic E-state index is 14.6. The second-order valence-electron chi connectivity index (χ2n) is 9.45. The molecule has 10 nitrogen and oxygen atoms in total. The second kappa shape index (κ2) is 11.7. The summed E-state index contributed by atoms with van der Waals surface area (Å²) in [6, 6.07) is 7.33. The first-order chi connectivity index (χ1) is 20.4. The molecule has 1 saturated heterocycles. The van der Waals surface area contributed by atoms with Gasteiger partial charge < -0.3 is 14.9 Å². The lowest BCUT2D eigenvalue weighted by atomic mass is 9.91. The highest BCUT2D eigenvalue weighted by molar-refractivity contribution is 7.92. The number of carbonyl (C=O) groups excluding carboxylic acids is 1. The fourth-order valence-electron chi connectivity index (χ4n) is 4.69. The van der Waals surface area contributed by atoms with E-state index in [1.165, 1.54) is 12.5 Å². The van der Waals surface area contributed by atoms with Gasteiger partial charge in [0.15, 0.2) is 5.69 Å². The number of aromatic nitrogens is 3. The lowest BCUT2D eigenvalue weighted by Gasteiger charge is -2.25. The van der Waals surface area contributed by atoms with Crippen LogP contribution in [0.4, 0.5) is 27.6 Å². The number of hydrogen-bond donors (Lipinski definition) is 1. The zero-order valence-corrected chi connectivity index (χ0v) is 23.0. The highest BCUT2D eigenvalue weighted by Gasteiger charge is 2.46. The fourth-order valence-corrected chi connectivity index (χ4v) is 5.97. The average Bonchev–Trinajstić information content (AvgIpc) is 2.98. The first-order valence-electron chi connectivity index (χ1n) is 12.7. The molecule has 16 heteroatoms. The summed E-state index contributed by atoms with van der Waals surface area (Å²) in [5.74, 6) is -6.17. The van der Waals surface area contributed by atoms with Crippen LogP contribution in [0.1, 0.15) is 24.5 Å². The number of anilines is 1. The topological polar surface area (TPSA) is 124 Å². The maximum Gasteiger partial charge on any atom is 0.493 e. The van der Waals surface area contributed by atoms with E-state index in [0.29, 0.717) is 28.6 Å². The number of alkyl halides is 3. The van der Waals surface area contributed by atoms with Crippen LogP contribution in [0.2, 0.25) is 0 Å². The van der Waals surface area contributed by atoms with Crippen LogP contribution in [0, 0.1) is 11.6 Å². The standard InChI is InChI=1S/C27H22F5N5O5S/c1-41-25-22(37(42-26(38)27(30,31)32)43(39,40)23-5-3-18(28)12-20(23)29)11-17(13-34-25)16-2-4-21-19(10-16)24(36-14-35-21)15-6-8-33-9-7-15/h2-5,10-15,33H,6-9H2,1H3. The Bertz CT molecular complexity index is 1800. The Kier molecular flexibility index (Phi) is 8.16. The third-order valence-electron chi connectivity index (χ3n) is 6.74. The molecule has 1 aliphatic heterocycles. The number of pyridine rings is 1. The number of sulfonamides is 1. The van der Waals surface area contributed by atoms with E-state index in [4.69, 9.17) is 4.74 Å². The zero-order valence-electron chi connectivity index (χ0n) is 22.2. The summed E-state index contributed by atoms with van der Waals surface area (Å²) in [4.78, 5) is 27.7. The Balaban J connectivity index is 1.66. The van der Waals surface area contributed by atoms with Gasteiger partial charge in [0, 0.05) is 29.1 Å². The molecule has 1 fully saturated rings. The summed E-state index contributed by atoms with van der Waals surface area (Å²) < 4.78 is 99.3. The average molecular weight is 624 g/mol. The van der Waals surface area contributed by atoms with E-state index in [0.717, 1.165) is 44.8 Å². The van der Waals surface area contributed by atoms with Crippen molar-refractivity contribution in [3.05, 3.63) is 72.3 Å². The van der Waals surface area contributed by atoms with Gasteiger partial charge in [-0.05, 0) is 61.8 Å².